The summed E-state index contributed by atoms with van der Waals surface area (Å²) in [6.07, 6.45) is 1.63. The predicted octanol–water partition coefficient (Wildman–Crippen LogP) is 1.43. The van der Waals surface area contributed by atoms with E-state index in [0.717, 1.165) is 0 Å². The van der Waals surface area contributed by atoms with Crippen molar-refractivity contribution in [2.45, 2.75) is 33.6 Å². The van der Waals surface area contributed by atoms with Gasteiger partial charge in [0.2, 0.25) is 11.8 Å². The van der Waals surface area contributed by atoms with Gasteiger partial charge in [-0.25, -0.2) is 0 Å². The highest BCUT2D eigenvalue weighted by Crippen LogP contribution is 2.15. The number of amides is 2. The maximum Gasteiger partial charge on any atom is 0.232 e. The SMILES string of the molecule is CC1CC(=O)N(C)C1=O.CCC. The van der Waals surface area contributed by atoms with Gasteiger partial charge >= 0.3 is 0 Å². The summed E-state index contributed by atoms with van der Waals surface area (Å²) in [5, 5.41) is 0. The van der Waals surface area contributed by atoms with E-state index in [0.29, 0.717) is 6.42 Å². The van der Waals surface area contributed by atoms with Crippen LogP contribution in [-0.4, -0.2) is 23.8 Å². The average molecular weight is 171 g/mol. The monoisotopic (exact) mass is 171 g/mol. The van der Waals surface area contributed by atoms with Gasteiger partial charge in [-0.05, 0) is 0 Å². The first-order valence-corrected chi connectivity index (χ1v) is 4.34. The van der Waals surface area contributed by atoms with Gasteiger partial charge in [0.15, 0.2) is 0 Å². The lowest BCUT2D eigenvalue weighted by Crippen LogP contribution is -2.24. The molecule has 1 unspecified atom stereocenters. The molecule has 1 rings (SSSR count). The molecule has 3 nitrogen and oxygen atoms in total. The predicted molar refractivity (Wildman–Crippen MR) is 47.5 cm³/mol. The second-order valence-electron chi connectivity index (χ2n) is 3.10. The van der Waals surface area contributed by atoms with E-state index in [1.165, 1.54) is 18.4 Å². The minimum Gasteiger partial charge on any atom is -0.286 e. The molecule has 2 amide bonds. The molecule has 1 saturated heterocycles. The van der Waals surface area contributed by atoms with E-state index < -0.39 is 0 Å². The molecule has 70 valence electrons. The molecule has 0 radical (unpaired) electrons. The first kappa shape index (κ1) is 11.1. The van der Waals surface area contributed by atoms with Crippen LogP contribution in [0.2, 0.25) is 0 Å². The molecule has 0 aromatic heterocycles. The lowest BCUT2D eigenvalue weighted by atomic mass is 10.1. The van der Waals surface area contributed by atoms with Gasteiger partial charge in [-0.2, -0.15) is 0 Å². The highest BCUT2D eigenvalue weighted by molar-refractivity contribution is 6.02. The van der Waals surface area contributed by atoms with Crippen LogP contribution < -0.4 is 0 Å². The number of likely N-dealkylation sites (tertiary alicyclic amines) is 1. The number of imide groups is 1. The molecule has 0 spiro atoms. The van der Waals surface area contributed by atoms with Crippen LogP contribution in [0.1, 0.15) is 33.6 Å². The standard InChI is InChI=1S/C6H9NO2.C3H8/c1-4-3-5(8)7(2)6(4)9;1-3-2/h4H,3H2,1-2H3;3H2,1-2H3. The number of rotatable bonds is 0. The molecule has 0 N–H and O–H groups in total. The van der Waals surface area contributed by atoms with E-state index in [-0.39, 0.29) is 17.7 Å². The van der Waals surface area contributed by atoms with Crippen molar-refractivity contribution in [2.24, 2.45) is 5.92 Å². The number of carbonyl (C=O) groups excluding carboxylic acids is 2. The molecule has 0 bridgehead atoms. The molecule has 1 aliphatic heterocycles. The molecule has 0 saturated carbocycles. The molecular formula is C9H17NO2. The van der Waals surface area contributed by atoms with E-state index >= 15 is 0 Å². The maximum absolute atomic E-state index is 10.8. The number of nitrogens with zero attached hydrogens (tertiary/aromatic N) is 1. The molecule has 1 aliphatic rings. The van der Waals surface area contributed by atoms with Crippen molar-refractivity contribution < 1.29 is 9.59 Å². The van der Waals surface area contributed by atoms with Crippen molar-refractivity contribution in [3.8, 4) is 0 Å². The highest BCUT2D eigenvalue weighted by atomic mass is 16.2. The van der Waals surface area contributed by atoms with Gasteiger partial charge in [0.25, 0.3) is 0 Å². The van der Waals surface area contributed by atoms with E-state index in [2.05, 4.69) is 13.8 Å². The Hall–Kier alpha value is -0.860. The number of hydrogen-bond donors (Lipinski definition) is 0. The van der Waals surface area contributed by atoms with Crippen molar-refractivity contribution in [1.82, 2.24) is 4.90 Å². The minimum atomic E-state index is -0.0949. The van der Waals surface area contributed by atoms with E-state index in [4.69, 9.17) is 0 Å². The van der Waals surface area contributed by atoms with Crippen molar-refractivity contribution in [3.05, 3.63) is 0 Å². The number of carbonyl (C=O) groups is 2. The lowest BCUT2D eigenvalue weighted by molar-refractivity contribution is -0.137. The molecule has 1 atom stereocenters. The zero-order valence-electron chi connectivity index (χ0n) is 8.26. The maximum atomic E-state index is 10.8. The van der Waals surface area contributed by atoms with Crippen LogP contribution in [0, 0.1) is 5.92 Å². The normalized spacial score (nSPS) is 22.3. The molecular weight excluding hydrogens is 154 g/mol. The molecule has 0 aromatic rings. The molecule has 0 aromatic carbocycles. The van der Waals surface area contributed by atoms with Gasteiger partial charge in [-0.15, -0.1) is 0 Å². The van der Waals surface area contributed by atoms with Crippen molar-refractivity contribution in [1.29, 1.82) is 0 Å². The summed E-state index contributed by atoms with van der Waals surface area (Å²) in [6, 6.07) is 0. The lowest BCUT2D eigenvalue weighted by Gasteiger charge is -2.03. The Kier molecular flexibility index (Phi) is 4.55. The van der Waals surface area contributed by atoms with E-state index in [1.54, 1.807) is 6.92 Å². The summed E-state index contributed by atoms with van der Waals surface area (Å²) in [7, 11) is 1.52. The molecule has 0 aliphatic carbocycles. The number of hydrogen-bond acceptors (Lipinski definition) is 2. The minimum absolute atomic E-state index is 0.0556. The van der Waals surface area contributed by atoms with Gasteiger partial charge in [-0.3, -0.25) is 14.5 Å². The van der Waals surface area contributed by atoms with Gasteiger partial charge in [-0.1, -0.05) is 27.2 Å². The van der Waals surface area contributed by atoms with Crippen LogP contribution in [0.5, 0.6) is 0 Å². The molecule has 1 heterocycles. The summed E-state index contributed by atoms with van der Waals surface area (Å²) in [4.78, 5) is 22.7. The Balaban J connectivity index is 0.000000354. The van der Waals surface area contributed by atoms with Gasteiger partial charge in [0, 0.05) is 19.4 Å². The zero-order valence-corrected chi connectivity index (χ0v) is 8.26. The Bertz CT molecular complexity index is 177. The summed E-state index contributed by atoms with van der Waals surface area (Å²) < 4.78 is 0. The van der Waals surface area contributed by atoms with Crippen LogP contribution >= 0.6 is 0 Å². The van der Waals surface area contributed by atoms with Crippen LogP contribution in [0.4, 0.5) is 0 Å². The molecule has 12 heavy (non-hydrogen) atoms. The van der Waals surface area contributed by atoms with Crippen LogP contribution in [0.25, 0.3) is 0 Å². The van der Waals surface area contributed by atoms with Crippen molar-refractivity contribution in [2.75, 3.05) is 7.05 Å². The third kappa shape index (κ3) is 2.64. The summed E-state index contributed by atoms with van der Waals surface area (Å²) >= 11 is 0. The van der Waals surface area contributed by atoms with E-state index in [1.807, 2.05) is 0 Å². The first-order chi connectivity index (χ1) is 5.54. The van der Waals surface area contributed by atoms with E-state index in [9.17, 15) is 9.59 Å². The second-order valence-corrected chi connectivity index (χ2v) is 3.10. The van der Waals surface area contributed by atoms with Gasteiger partial charge < -0.3 is 0 Å². The van der Waals surface area contributed by atoms with Crippen molar-refractivity contribution >= 4 is 11.8 Å². The highest BCUT2D eigenvalue weighted by Gasteiger charge is 2.32. The third-order valence-electron chi connectivity index (χ3n) is 1.61. The molecule has 1 fully saturated rings. The Morgan fingerprint density at radius 2 is 1.83 bits per heavy atom. The fourth-order valence-corrected chi connectivity index (χ4v) is 0.940. The van der Waals surface area contributed by atoms with Gasteiger partial charge in [0.05, 0.1) is 0 Å². The third-order valence-corrected chi connectivity index (χ3v) is 1.61. The largest absolute Gasteiger partial charge is 0.286 e. The fraction of sp³-hybridized carbons (Fsp3) is 0.778. The van der Waals surface area contributed by atoms with Crippen LogP contribution in [0.3, 0.4) is 0 Å². The first-order valence-electron chi connectivity index (χ1n) is 4.34. The Morgan fingerprint density at radius 1 is 1.42 bits per heavy atom. The molecule has 3 heteroatoms. The second kappa shape index (κ2) is 4.91. The quantitative estimate of drug-likeness (QED) is 0.517. The smallest absolute Gasteiger partial charge is 0.232 e. The van der Waals surface area contributed by atoms with Crippen LogP contribution in [0.15, 0.2) is 0 Å². The fourth-order valence-electron chi connectivity index (χ4n) is 0.940. The average Bonchev–Trinajstić information content (AvgIpc) is 2.20. The Labute approximate surface area is 73.7 Å². The Morgan fingerprint density at radius 3 is 1.92 bits per heavy atom. The summed E-state index contributed by atoms with van der Waals surface area (Å²) in [5.41, 5.74) is 0. The topological polar surface area (TPSA) is 37.4 Å². The summed E-state index contributed by atoms with van der Waals surface area (Å²) in [5.74, 6) is -0.213. The van der Waals surface area contributed by atoms with Crippen LogP contribution in [-0.2, 0) is 9.59 Å². The van der Waals surface area contributed by atoms with Gasteiger partial charge in [0.1, 0.15) is 0 Å². The zero-order chi connectivity index (χ0) is 9.72. The summed E-state index contributed by atoms with van der Waals surface area (Å²) in [6.45, 7) is 6.02. The van der Waals surface area contributed by atoms with Crippen molar-refractivity contribution in [3.63, 3.8) is 0 Å².